The number of amides is 2. The van der Waals surface area contributed by atoms with Gasteiger partial charge in [-0.05, 0) is 66.3 Å². The summed E-state index contributed by atoms with van der Waals surface area (Å²) in [5.41, 5.74) is 3.64. The Balaban J connectivity index is 1.49. The summed E-state index contributed by atoms with van der Waals surface area (Å²) in [5.74, 6) is 0.484. The maximum absolute atomic E-state index is 12.8. The molecule has 0 saturated carbocycles. The zero-order valence-corrected chi connectivity index (χ0v) is 18.3. The second kappa shape index (κ2) is 9.34. The molecule has 1 N–H and O–H groups in total. The summed E-state index contributed by atoms with van der Waals surface area (Å²) in [6.45, 7) is 0. The fourth-order valence-electron chi connectivity index (χ4n) is 2.80. The van der Waals surface area contributed by atoms with Gasteiger partial charge in [0.2, 0.25) is 0 Å². The van der Waals surface area contributed by atoms with E-state index < -0.39 is 11.8 Å². The van der Waals surface area contributed by atoms with E-state index in [0.717, 1.165) is 28.1 Å². The summed E-state index contributed by atoms with van der Waals surface area (Å²) in [7, 11) is 0. The van der Waals surface area contributed by atoms with Crippen LogP contribution in [0.25, 0.3) is 6.08 Å². The smallest absolute Gasteiger partial charge is 0.285 e. The minimum absolute atomic E-state index is 0.239. The zero-order valence-electron chi connectivity index (χ0n) is 15.9. The van der Waals surface area contributed by atoms with Crippen LogP contribution in [-0.2, 0) is 4.79 Å². The molecule has 8 heteroatoms. The van der Waals surface area contributed by atoms with Crippen molar-refractivity contribution in [3.8, 4) is 11.5 Å². The molecule has 154 valence electrons. The van der Waals surface area contributed by atoms with Gasteiger partial charge in [0.25, 0.3) is 11.8 Å². The molecule has 1 aliphatic heterocycles. The van der Waals surface area contributed by atoms with Crippen LogP contribution in [0.4, 0.5) is 0 Å². The highest BCUT2D eigenvalue weighted by Gasteiger charge is 2.33. The van der Waals surface area contributed by atoms with E-state index in [4.69, 9.17) is 28.6 Å². The van der Waals surface area contributed by atoms with E-state index in [1.54, 1.807) is 24.3 Å². The second-order valence-corrected chi connectivity index (χ2v) is 8.57. The van der Waals surface area contributed by atoms with E-state index in [1.807, 2.05) is 54.6 Å². The quantitative estimate of drug-likeness (QED) is 0.387. The number of carbonyl (C=O) groups excluding carboxylic acids is 2. The Labute approximate surface area is 193 Å². The summed E-state index contributed by atoms with van der Waals surface area (Å²) in [5, 5.41) is 1.50. The zero-order chi connectivity index (χ0) is 21.8. The Bertz CT molecular complexity index is 1200. The van der Waals surface area contributed by atoms with Gasteiger partial charge in [-0.25, -0.2) is 0 Å². The van der Waals surface area contributed by atoms with Crippen LogP contribution in [0.2, 0.25) is 5.02 Å². The Hall–Kier alpha value is -3.13. The van der Waals surface area contributed by atoms with Crippen LogP contribution in [-0.4, -0.2) is 21.1 Å². The van der Waals surface area contributed by atoms with Crippen LogP contribution >= 0.6 is 35.6 Å². The Morgan fingerprint density at radius 1 is 1.00 bits per heavy atom. The number of para-hydroxylation sites is 1. The minimum atomic E-state index is -0.474. The largest absolute Gasteiger partial charge is 0.457 e. The number of rotatable bonds is 5. The van der Waals surface area contributed by atoms with Gasteiger partial charge >= 0.3 is 0 Å². The van der Waals surface area contributed by atoms with Crippen molar-refractivity contribution in [1.82, 2.24) is 10.4 Å². The van der Waals surface area contributed by atoms with Crippen molar-refractivity contribution in [3.63, 3.8) is 0 Å². The molecule has 1 saturated heterocycles. The van der Waals surface area contributed by atoms with Gasteiger partial charge in [-0.2, -0.15) is 5.01 Å². The lowest BCUT2D eigenvalue weighted by Crippen LogP contribution is -2.44. The van der Waals surface area contributed by atoms with Crippen molar-refractivity contribution in [3.05, 3.63) is 99.9 Å². The number of nitrogens with one attached hydrogen (secondary N) is 1. The van der Waals surface area contributed by atoms with Crippen LogP contribution in [0.15, 0.2) is 83.8 Å². The van der Waals surface area contributed by atoms with Crippen molar-refractivity contribution in [2.45, 2.75) is 0 Å². The van der Waals surface area contributed by atoms with E-state index in [9.17, 15) is 9.59 Å². The number of thiocarbonyl (C=S) groups is 1. The highest BCUT2D eigenvalue weighted by molar-refractivity contribution is 8.26. The second-order valence-electron chi connectivity index (χ2n) is 6.46. The molecule has 1 fully saturated rings. The Morgan fingerprint density at radius 3 is 2.52 bits per heavy atom. The summed E-state index contributed by atoms with van der Waals surface area (Å²) in [4.78, 5) is 25.7. The first kappa shape index (κ1) is 21.1. The molecule has 31 heavy (non-hydrogen) atoms. The highest BCUT2D eigenvalue weighted by Crippen LogP contribution is 2.32. The van der Waals surface area contributed by atoms with Crippen molar-refractivity contribution in [2.24, 2.45) is 0 Å². The molecule has 4 rings (SSSR count). The molecule has 1 aliphatic rings. The van der Waals surface area contributed by atoms with Gasteiger partial charge < -0.3 is 4.74 Å². The summed E-state index contributed by atoms with van der Waals surface area (Å²) in [6, 6.07) is 23.2. The molecule has 0 spiro atoms. The first-order valence-corrected chi connectivity index (χ1v) is 10.8. The third-order valence-electron chi connectivity index (χ3n) is 4.23. The molecule has 5 nitrogen and oxygen atoms in total. The van der Waals surface area contributed by atoms with E-state index in [-0.39, 0.29) is 4.32 Å². The average Bonchev–Trinajstić information content (AvgIpc) is 3.02. The first-order valence-electron chi connectivity index (χ1n) is 9.17. The lowest BCUT2D eigenvalue weighted by molar-refractivity contribution is -0.123. The van der Waals surface area contributed by atoms with Crippen LogP contribution in [0.1, 0.15) is 15.9 Å². The van der Waals surface area contributed by atoms with E-state index in [0.29, 0.717) is 21.2 Å². The lowest BCUT2D eigenvalue weighted by atomic mass is 10.2. The maximum atomic E-state index is 12.8. The van der Waals surface area contributed by atoms with Crippen molar-refractivity contribution in [1.29, 1.82) is 0 Å². The van der Waals surface area contributed by atoms with Gasteiger partial charge in [0.1, 0.15) is 11.5 Å². The van der Waals surface area contributed by atoms with E-state index in [2.05, 4.69) is 5.43 Å². The molecule has 0 aromatic heterocycles. The number of carbonyl (C=O) groups is 2. The SMILES string of the molecule is O=C(NN1C(=O)/C(=C\c2cccc(Oc3ccccc3)c2)SC1=S)c1cccc(Cl)c1. The average molecular weight is 467 g/mol. The maximum Gasteiger partial charge on any atom is 0.285 e. The van der Waals surface area contributed by atoms with Crippen LogP contribution in [0.5, 0.6) is 11.5 Å². The Morgan fingerprint density at radius 2 is 1.74 bits per heavy atom. The molecule has 3 aromatic carbocycles. The number of ether oxygens (including phenoxy) is 1. The predicted octanol–water partition coefficient (Wildman–Crippen LogP) is 5.68. The highest BCUT2D eigenvalue weighted by atomic mass is 35.5. The molecular weight excluding hydrogens is 452 g/mol. The number of benzene rings is 3. The molecule has 1 heterocycles. The van der Waals surface area contributed by atoms with Gasteiger partial charge in [0, 0.05) is 10.6 Å². The Kier molecular flexibility index (Phi) is 6.36. The fraction of sp³-hybridized carbons (Fsp3) is 0. The van der Waals surface area contributed by atoms with Gasteiger partial charge in [0.05, 0.1) is 4.91 Å². The number of hydrogen-bond acceptors (Lipinski definition) is 5. The molecule has 0 aliphatic carbocycles. The van der Waals surface area contributed by atoms with Crippen LogP contribution in [0.3, 0.4) is 0 Å². The molecule has 2 amide bonds. The van der Waals surface area contributed by atoms with Crippen LogP contribution in [0, 0.1) is 0 Å². The number of thioether (sulfide) groups is 1. The summed E-state index contributed by atoms with van der Waals surface area (Å²) >= 11 is 12.3. The van der Waals surface area contributed by atoms with Crippen molar-refractivity contribution >= 4 is 57.8 Å². The topological polar surface area (TPSA) is 58.6 Å². The number of nitrogens with zero attached hydrogens (tertiary/aromatic N) is 1. The third kappa shape index (κ3) is 5.14. The summed E-state index contributed by atoms with van der Waals surface area (Å²) < 4.78 is 6.08. The fourth-order valence-corrected chi connectivity index (χ4v) is 4.17. The van der Waals surface area contributed by atoms with Crippen molar-refractivity contribution in [2.75, 3.05) is 0 Å². The van der Waals surface area contributed by atoms with Gasteiger partial charge in [0.15, 0.2) is 4.32 Å². The van der Waals surface area contributed by atoms with E-state index >= 15 is 0 Å². The minimum Gasteiger partial charge on any atom is -0.457 e. The molecular formula is C23H15ClN2O3S2. The number of hydrogen-bond donors (Lipinski definition) is 1. The van der Waals surface area contributed by atoms with Gasteiger partial charge in [-0.15, -0.1) is 0 Å². The molecule has 0 atom stereocenters. The first-order chi connectivity index (χ1) is 15.0. The monoisotopic (exact) mass is 466 g/mol. The summed E-state index contributed by atoms with van der Waals surface area (Å²) in [6.07, 6.45) is 1.71. The number of halogens is 1. The normalized spacial score (nSPS) is 14.7. The van der Waals surface area contributed by atoms with Crippen LogP contribution < -0.4 is 10.2 Å². The standard InChI is InChI=1S/C23H15ClN2O3S2/c24-17-8-5-7-16(14-17)21(27)25-26-22(28)20(31-23(26)30)13-15-6-4-11-19(12-15)29-18-9-2-1-3-10-18/h1-14H,(H,25,27)/b20-13+. The molecule has 0 radical (unpaired) electrons. The molecule has 0 unspecified atom stereocenters. The number of hydrazine groups is 1. The van der Waals surface area contributed by atoms with Gasteiger partial charge in [-0.3, -0.25) is 15.0 Å². The third-order valence-corrected chi connectivity index (χ3v) is 5.77. The molecule has 0 bridgehead atoms. The van der Waals surface area contributed by atoms with E-state index in [1.165, 1.54) is 6.07 Å². The van der Waals surface area contributed by atoms with Crippen molar-refractivity contribution < 1.29 is 14.3 Å². The lowest BCUT2D eigenvalue weighted by Gasteiger charge is -2.15. The van der Waals surface area contributed by atoms with Gasteiger partial charge in [-0.1, -0.05) is 59.8 Å². The predicted molar refractivity (Wildman–Crippen MR) is 127 cm³/mol. The molecule has 3 aromatic rings.